The van der Waals surface area contributed by atoms with Gasteiger partial charge in [-0.15, -0.1) is 0 Å². The first-order valence-electron chi connectivity index (χ1n) is 6.16. The van der Waals surface area contributed by atoms with Gasteiger partial charge in [-0.2, -0.15) is 4.98 Å². The number of nitrogens with two attached hydrogens (primary N) is 1. The topological polar surface area (TPSA) is 96.8 Å². The number of hydrogen-bond acceptors (Lipinski definition) is 4. The molecule has 0 aliphatic rings. The maximum absolute atomic E-state index is 12.0. The number of nitrogens with zero attached hydrogens (tertiary/aromatic N) is 1. The van der Waals surface area contributed by atoms with Crippen LogP contribution in [0.25, 0.3) is 11.0 Å². The molecule has 2 aromatic heterocycles. The van der Waals surface area contributed by atoms with E-state index in [-0.39, 0.29) is 11.5 Å². The van der Waals surface area contributed by atoms with Crippen molar-refractivity contribution in [3.8, 4) is 5.75 Å². The van der Waals surface area contributed by atoms with Crippen LogP contribution in [0.15, 0.2) is 35.3 Å². The van der Waals surface area contributed by atoms with E-state index >= 15 is 0 Å². The van der Waals surface area contributed by atoms with Gasteiger partial charge < -0.3 is 15.5 Å². The van der Waals surface area contributed by atoms with Gasteiger partial charge in [-0.3, -0.25) is 9.78 Å². The molecule has 0 aliphatic carbocycles. The molecular weight excluding hydrogens is 256 g/mol. The van der Waals surface area contributed by atoms with Crippen LogP contribution in [0.2, 0.25) is 0 Å². The van der Waals surface area contributed by atoms with E-state index in [0.29, 0.717) is 17.5 Å². The predicted octanol–water partition coefficient (Wildman–Crippen LogP) is 1.43. The fourth-order valence-electron chi connectivity index (χ4n) is 2.22. The number of aromatic nitrogens is 3. The van der Waals surface area contributed by atoms with E-state index in [1.807, 2.05) is 24.3 Å². The molecule has 102 valence electrons. The molecule has 4 N–H and O–H groups in total. The molecular formula is C14H14N4O2. The van der Waals surface area contributed by atoms with E-state index in [1.54, 1.807) is 13.3 Å². The van der Waals surface area contributed by atoms with Gasteiger partial charge in [-0.05, 0) is 29.7 Å². The van der Waals surface area contributed by atoms with E-state index in [9.17, 15) is 4.79 Å². The molecule has 6 nitrogen and oxygen atoms in total. The summed E-state index contributed by atoms with van der Waals surface area (Å²) in [5.74, 6) is 0.917. The number of hydrogen-bond donors (Lipinski definition) is 3. The predicted molar refractivity (Wildman–Crippen MR) is 76.9 cm³/mol. The zero-order valence-electron chi connectivity index (χ0n) is 10.9. The first-order chi connectivity index (χ1) is 9.67. The Morgan fingerprint density at radius 1 is 1.30 bits per heavy atom. The van der Waals surface area contributed by atoms with Gasteiger partial charge >= 0.3 is 0 Å². The molecule has 0 aliphatic heterocycles. The Morgan fingerprint density at radius 3 is 2.75 bits per heavy atom. The third-order valence-corrected chi connectivity index (χ3v) is 3.20. The Bertz CT molecular complexity index is 802. The third kappa shape index (κ3) is 2.11. The normalized spacial score (nSPS) is 10.8. The molecule has 2 heterocycles. The van der Waals surface area contributed by atoms with Crippen LogP contribution in [0.3, 0.4) is 0 Å². The lowest BCUT2D eigenvalue weighted by Gasteiger charge is -2.02. The number of H-pyrrole nitrogens is 2. The molecule has 0 spiro atoms. The molecule has 1 aromatic carbocycles. The summed E-state index contributed by atoms with van der Waals surface area (Å²) in [5, 5.41) is 0.551. The number of benzene rings is 1. The number of rotatable bonds is 3. The summed E-state index contributed by atoms with van der Waals surface area (Å²) in [5.41, 5.74) is 7.78. The molecule has 0 fully saturated rings. The highest BCUT2D eigenvalue weighted by Crippen LogP contribution is 2.19. The van der Waals surface area contributed by atoms with Gasteiger partial charge in [-0.1, -0.05) is 12.1 Å². The first kappa shape index (κ1) is 12.3. The Labute approximate surface area is 114 Å². The van der Waals surface area contributed by atoms with Crippen LogP contribution < -0.4 is 16.0 Å². The van der Waals surface area contributed by atoms with Crippen molar-refractivity contribution in [3.63, 3.8) is 0 Å². The SMILES string of the molecule is COc1ccc(Cc2c[nH]c3nc(N)[nH]c(=O)c23)cc1. The summed E-state index contributed by atoms with van der Waals surface area (Å²) >= 11 is 0. The van der Waals surface area contributed by atoms with Crippen molar-refractivity contribution in [2.45, 2.75) is 6.42 Å². The summed E-state index contributed by atoms with van der Waals surface area (Å²) < 4.78 is 5.12. The van der Waals surface area contributed by atoms with E-state index in [1.165, 1.54) is 0 Å². The van der Waals surface area contributed by atoms with Gasteiger partial charge in [0.1, 0.15) is 11.4 Å². The number of methoxy groups -OCH3 is 1. The second-order valence-corrected chi connectivity index (χ2v) is 4.51. The van der Waals surface area contributed by atoms with Crippen LogP contribution in [0.1, 0.15) is 11.1 Å². The fraction of sp³-hybridized carbons (Fsp3) is 0.143. The van der Waals surface area contributed by atoms with Crippen molar-refractivity contribution in [2.24, 2.45) is 0 Å². The van der Waals surface area contributed by atoms with Gasteiger partial charge in [0.25, 0.3) is 5.56 Å². The van der Waals surface area contributed by atoms with Crippen LogP contribution in [-0.4, -0.2) is 22.1 Å². The van der Waals surface area contributed by atoms with E-state index < -0.39 is 0 Å². The van der Waals surface area contributed by atoms with Gasteiger partial charge in [-0.25, -0.2) is 0 Å². The zero-order valence-corrected chi connectivity index (χ0v) is 10.9. The van der Waals surface area contributed by atoms with Gasteiger partial charge in [0.05, 0.1) is 12.5 Å². The molecule has 6 heteroatoms. The highest BCUT2D eigenvalue weighted by atomic mass is 16.5. The molecule has 0 saturated carbocycles. The number of anilines is 1. The third-order valence-electron chi connectivity index (χ3n) is 3.20. The second kappa shape index (κ2) is 4.73. The Kier molecular flexibility index (Phi) is 2.90. The van der Waals surface area contributed by atoms with Gasteiger partial charge in [0.2, 0.25) is 5.95 Å². The van der Waals surface area contributed by atoms with Crippen LogP contribution in [0.5, 0.6) is 5.75 Å². The fourth-order valence-corrected chi connectivity index (χ4v) is 2.22. The van der Waals surface area contributed by atoms with Crippen LogP contribution in [0, 0.1) is 0 Å². The van der Waals surface area contributed by atoms with Crippen molar-refractivity contribution in [1.82, 2.24) is 15.0 Å². The zero-order chi connectivity index (χ0) is 14.1. The van der Waals surface area contributed by atoms with E-state index in [2.05, 4.69) is 15.0 Å². The smallest absolute Gasteiger partial charge is 0.262 e. The van der Waals surface area contributed by atoms with Gasteiger partial charge in [0.15, 0.2) is 0 Å². The minimum absolute atomic E-state index is 0.111. The highest BCUT2D eigenvalue weighted by molar-refractivity contribution is 5.79. The van der Waals surface area contributed by atoms with E-state index in [4.69, 9.17) is 10.5 Å². The minimum atomic E-state index is -0.225. The van der Waals surface area contributed by atoms with Crippen molar-refractivity contribution in [1.29, 1.82) is 0 Å². The lowest BCUT2D eigenvalue weighted by Crippen LogP contribution is -2.11. The lowest BCUT2D eigenvalue weighted by atomic mass is 10.1. The molecule has 0 atom stereocenters. The molecule has 0 bridgehead atoms. The van der Waals surface area contributed by atoms with Crippen molar-refractivity contribution in [3.05, 3.63) is 51.9 Å². The summed E-state index contributed by atoms with van der Waals surface area (Å²) in [6.45, 7) is 0. The van der Waals surface area contributed by atoms with Crippen molar-refractivity contribution >= 4 is 17.0 Å². The minimum Gasteiger partial charge on any atom is -0.497 e. The van der Waals surface area contributed by atoms with Crippen molar-refractivity contribution < 1.29 is 4.74 Å². The average Bonchev–Trinajstić information content (AvgIpc) is 2.82. The number of fused-ring (bicyclic) bond motifs is 1. The summed E-state index contributed by atoms with van der Waals surface area (Å²) in [6, 6.07) is 7.72. The number of aromatic amines is 2. The summed E-state index contributed by atoms with van der Waals surface area (Å²) in [4.78, 5) is 21.5. The molecule has 0 amide bonds. The highest BCUT2D eigenvalue weighted by Gasteiger charge is 2.10. The van der Waals surface area contributed by atoms with Crippen LogP contribution in [-0.2, 0) is 6.42 Å². The molecule has 0 radical (unpaired) electrons. The molecule has 0 unspecified atom stereocenters. The number of nitrogens with one attached hydrogen (secondary N) is 2. The molecule has 3 aromatic rings. The Morgan fingerprint density at radius 2 is 2.05 bits per heavy atom. The average molecular weight is 270 g/mol. The van der Waals surface area contributed by atoms with Crippen LogP contribution in [0.4, 0.5) is 5.95 Å². The maximum atomic E-state index is 12.0. The maximum Gasteiger partial charge on any atom is 0.262 e. The number of nitrogen functional groups attached to an aromatic ring is 1. The lowest BCUT2D eigenvalue weighted by molar-refractivity contribution is 0.414. The first-order valence-corrected chi connectivity index (χ1v) is 6.16. The summed E-state index contributed by atoms with van der Waals surface area (Å²) in [7, 11) is 1.63. The molecule has 3 rings (SSSR count). The molecule has 0 saturated heterocycles. The standard InChI is InChI=1S/C14H14N4O2/c1-20-10-4-2-8(3-5-10)6-9-7-16-12-11(9)13(19)18-14(15)17-12/h2-5,7H,6H2,1H3,(H4,15,16,17,18,19). The summed E-state index contributed by atoms with van der Waals surface area (Å²) in [6.07, 6.45) is 2.43. The van der Waals surface area contributed by atoms with Gasteiger partial charge in [0, 0.05) is 6.20 Å². The van der Waals surface area contributed by atoms with Crippen LogP contribution >= 0.6 is 0 Å². The second-order valence-electron chi connectivity index (χ2n) is 4.51. The van der Waals surface area contributed by atoms with E-state index in [0.717, 1.165) is 16.9 Å². The Balaban J connectivity index is 2.00. The Hall–Kier alpha value is -2.76. The number of ether oxygens (including phenoxy) is 1. The molecule has 20 heavy (non-hydrogen) atoms. The quantitative estimate of drug-likeness (QED) is 0.670. The monoisotopic (exact) mass is 270 g/mol. The van der Waals surface area contributed by atoms with Crippen molar-refractivity contribution in [2.75, 3.05) is 12.8 Å². The largest absolute Gasteiger partial charge is 0.497 e.